The Hall–Kier alpha value is -3.39. The molecule has 176 valence electrons. The molecule has 4 heterocycles. The normalized spacial score (nSPS) is 22.0. The minimum atomic E-state index is -0.701. The number of piperidine rings is 1. The Labute approximate surface area is 196 Å². The number of nitrogens with one attached hydrogen (secondary N) is 1. The van der Waals surface area contributed by atoms with E-state index in [2.05, 4.69) is 34.0 Å². The largest absolute Gasteiger partial charge is 0.393 e. The molecule has 3 aromatic rings. The Balaban J connectivity index is 1.48. The van der Waals surface area contributed by atoms with Gasteiger partial charge in [0, 0.05) is 24.2 Å². The summed E-state index contributed by atoms with van der Waals surface area (Å²) in [5, 5.41) is 12.8. The topological polar surface area (TPSA) is 78.3 Å². The molecule has 34 heavy (non-hydrogen) atoms. The van der Waals surface area contributed by atoms with Crippen LogP contribution in [0.5, 0.6) is 0 Å². The van der Waals surface area contributed by atoms with Gasteiger partial charge in [-0.25, -0.2) is 13.8 Å². The standard InChI is InChI=1S/C26H26F2N4O2/c1-14-8-19(33)9-15(2)32(14)18-7-6-17(29-12-18)10-16-11-22(25-20(27)4-3-5-21(25)28)31-23-13-30-26(34)24(16)23/h3-7,11-12,14-15,19,33H,8-10,13H2,1-2H3,(H,30,34). The van der Waals surface area contributed by atoms with Gasteiger partial charge in [0.15, 0.2) is 0 Å². The molecule has 0 saturated carbocycles. The van der Waals surface area contributed by atoms with Crippen LogP contribution in [0.1, 0.15) is 54.0 Å². The van der Waals surface area contributed by atoms with Gasteiger partial charge in [-0.2, -0.15) is 0 Å². The predicted molar refractivity (Wildman–Crippen MR) is 124 cm³/mol. The van der Waals surface area contributed by atoms with Gasteiger partial charge in [0.05, 0.1) is 47.0 Å². The molecule has 0 radical (unpaired) electrons. The van der Waals surface area contributed by atoms with E-state index in [4.69, 9.17) is 0 Å². The number of nitrogens with zero attached hydrogens (tertiary/aromatic N) is 3. The molecule has 2 aliphatic rings. The van der Waals surface area contributed by atoms with Gasteiger partial charge >= 0.3 is 0 Å². The van der Waals surface area contributed by atoms with Crippen molar-refractivity contribution in [1.82, 2.24) is 15.3 Å². The van der Waals surface area contributed by atoms with E-state index in [0.717, 1.165) is 11.4 Å². The van der Waals surface area contributed by atoms with Crippen molar-refractivity contribution >= 4 is 11.6 Å². The number of anilines is 1. The molecule has 1 saturated heterocycles. The maximum Gasteiger partial charge on any atom is 0.253 e. The number of pyridine rings is 2. The lowest BCUT2D eigenvalue weighted by atomic mass is 9.94. The smallest absolute Gasteiger partial charge is 0.253 e. The van der Waals surface area contributed by atoms with Crippen molar-refractivity contribution < 1.29 is 18.7 Å². The molecule has 2 aromatic heterocycles. The predicted octanol–water partition coefficient (Wildman–Crippen LogP) is 3.99. The number of rotatable bonds is 4. The van der Waals surface area contributed by atoms with Gasteiger partial charge in [-0.15, -0.1) is 0 Å². The quantitative estimate of drug-likeness (QED) is 0.611. The van der Waals surface area contributed by atoms with E-state index in [-0.39, 0.29) is 41.9 Å². The van der Waals surface area contributed by atoms with E-state index >= 15 is 0 Å². The second-order valence-electron chi connectivity index (χ2n) is 9.18. The maximum absolute atomic E-state index is 14.4. The van der Waals surface area contributed by atoms with Crippen LogP contribution in [0.25, 0.3) is 11.3 Å². The highest BCUT2D eigenvalue weighted by Crippen LogP contribution is 2.32. The highest BCUT2D eigenvalue weighted by atomic mass is 19.1. The van der Waals surface area contributed by atoms with Gasteiger partial charge in [0.2, 0.25) is 0 Å². The van der Waals surface area contributed by atoms with Crippen LogP contribution in [-0.4, -0.2) is 39.2 Å². The van der Waals surface area contributed by atoms with E-state index in [1.165, 1.54) is 18.2 Å². The number of carbonyl (C=O) groups is 1. The summed E-state index contributed by atoms with van der Waals surface area (Å²) >= 11 is 0. The third-order valence-electron chi connectivity index (χ3n) is 6.69. The third-order valence-corrected chi connectivity index (χ3v) is 6.69. The van der Waals surface area contributed by atoms with Gasteiger partial charge in [-0.05, 0) is 62.6 Å². The molecule has 1 fully saturated rings. The molecule has 2 aliphatic heterocycles. The lowest BCUT2D eigenvalue weighted by Crippen LogP contribution is -2.48. The molecule has 0 bridgehead atoms. The first-order valence-corrected chi connectivity index (χ1v) is 11.5. The molecule has 0 spiro atoms. The molecule has 1 amide bonds. The lowest BCUT2D eigenvalue weighted by molar-refractivity contribution is 0.0965. The van der Waals surface area contributed by atoms with Crippen molar-refractivity contribution in [1.29, 1.82) is 0 Å². The lowest BCUT2D eigenvalue weighted by Gasteiger charge is -2.42. The highest BCUT2D eigenvalue weighted by Gasteiger charge is 2.30. The first kappa shape index (κ1) is 22.4. The van der Waals surface area contributed by atoms with Gasteiger partial charge in [-0.1, -0.05) is 6.07 Å². The Morgan fingerprint density at radius 3 is 2.44 bits per heavy atom. The van der Waals surface area contributed by atoms with Crippen LogP contribution in [0, 0.1) is 11.6 Å². The number of hydrogen-bond acceptors (Lipinski definition) is 5. The average molecular weight is 465 g/mol. The fourth-order valence-corrected chi connectivity index (χ4v) is 5.25. The van der Waals surface area contributed by atoms with Crippen LogP contribution < -0.4 is 10.2 Å². The van der Waals surface area contributed by atoms with E-state index in [9.17, 15) is 18.7 Å². The molecule has 2 unspecified atom stereocenters. The summed E-state index contributed by atoms with van der Waals surface area (Å²) in [6.45, 7) is 4.40. The fraction of sp³-hybridized carbons (Fsp3) is 0.346. The fourth-order valence-electron chi connectivity index (χ4n) is 5.25. The summed E-state index contributed by atoms with van der Waals surface area (Å²) in [5.74, 6) is -1.65. The van der Waals surface area contributed by atoms with Crippen LogP contribution in [0.4, 0.5) is 14.5 Å². The number of benzene rings is 1. The number of hydrogen-bond donors (Lipinski definition) is 2. The van der Waals surface area contributed by atoms with E-state index in [0.29, 0.717) is 36.1 Å². The first-order valence-electron chi connectivity index (χ1n) is 11.5. The van der Waals surface area contributed by atoms with Crippen LogP contribution in [-0.2, 0) is 13.0 Å². The van der Waals surface area contributed by atoms with Crippen LogP contribution in [0.15, 0.2) is 42.6 Å². The van der Waals surface area contributed by atoms with Gasteiger partial charge in [-0.3, -0.25) is 9.78 Å². The summed E-state index contributed by atoms with van der Waals surface area (Å²) < 4.78 is 28.9. The average Bonchev–Trinajstić information content (AvgIpc) is 3.15. The molecule has 2 atom stereocenters. The zero-order chi connectivity index (χ0) is 24.0. The van der Waals surface area contributed by atoms with Crippen LogP contribution >= 0.6 is 0 Å². The number of carbonyl (C=O) groups excluding carboxylic acids is 1. The van der Waals surface area contributed by atoms with Crippen molar-refractivity contribution in [2.75, 3.05) is 4.90 Å². The molecular weight excluding hydrogens is 438 g/mol. The number of aliphatic hydroxyl groups is 1. The number of aliphatic hydroxyl groups excluding tert-OH is 1. The SMILES string of the molecule is CC1CC(O)CC(C)N1c1ccc(Cc2cc(-c3c(F)cccc3F)nc3c2C(=O)NC3)nc1. The molecule has 5 rings (SSSR count). The van der Waals surface area contributed by atoms with Gasteiger partial charge in [0.25, 0.3) is 5.91 Å². The number of halogens is 2. The van der Waals surface area contributed by atoms with Crippen molar-refractivity contribution in [2.45, 2.75) is 57.8 Å². The van der Waals surface area contributed by atoms with Crippen LogP contribution in [0.3, 0.4) is 0 Å². The Morgan fingerprint density at radius 1 is 1.09 bits per heavy atom. The molecular formula is C26H26F2N4O2. The van der Waals surface area contributed by atoms with Gasteiger partial charge < -0.3 is 15.3 Å². The Kier molecular flexibility index (Phi) is 5.77. The molecule has 1 aromatic carbocycles. The summed E-state index contributed by atoms with van der Waals surface area (Å²) in [6, 6.07) is 9.56. The van der Waals surface area contributed by atoms with Crippen molar-refractivity contribution in [3.05, 3.63) is 76.7 Å². The molecule has 6 nitrogen and oxygen atoms in total. The Morgan fingerprint density at radius 2 is 1.79 bits per heavy atom. The minimum absolute atomic E-state index is 0.159. The summed E-state index contributed by atoms with van der Waals surface area (Å²) in [4.78, 5) is 23.7. The highest BCUT2D eigenvalue weighted by molar-refractivity contribution is 5.99. The van der Waals surface area contributed by atoms with Crippen LogP contribution in [0.2, 0.25) is 0 Å². The van der Waals surface area contributed by atoms with E-state index in [1.807, 2.05) is 12.1 Å². The van der Waals surface area contributed by atoms with E-state index < -0.39 is 11.6 Å². The van der Waals surface area contributed by atoms with Gasteiger partial charge in [0.1, 0.15) is 11.6 Å². The second kappa shape index (κ2) is 8.76. The third kappa shape index (κ3) is 4.03. The Bertz CT molecular complexity index is 1220. The second-order valence-corrected chi connectivity index (χ2v) is 9.18. The summed E-state index contributed by atoms with van der Waals surface area (Å²) in [5.41, 5.74) is 3.21. The van der Waals surface area contributed by atoms with Crippen molar-refractivity contribution in [2.24, 2.45) is 0 Å². The first-order chi connectivity index (χ1) is 16.3. The molecule has 0 aliphatic carbocycles. The van der Waals surface area contributed by atoms with Crippen molar-refractivity contribution in [3.8, 4) is 11.3 Å². The summed E-state index contributed by atoms with van der Waals surface area (Å²) in [7, 11) is 0. The zero-order valence-electron chi connectivity index (χ0n) is 19.1. The minimum Gasteiger partial charge on any atom is -0.393 e. The zero-order valence-corrected chi connectivity index (χ0v) is 19.1. The van der Waals surface area contributed by atoms with Crippen molar-refractivity contribution in [3.63, 3.8) is 0 Å². The number of fused-ring (bicyclic) bond motifs is 1. The number of amides is 1. The number of aromatic nitrogens is 2. The summed E-state index contributed by atoms with van der Waals surface area (Å²) in [6.07, 6.45) is 3.26. The maximum atomic E-state index is 14.4. The molecule has 2 N–H and O–H groups in total. The van der Waals surface area contributed by atoms with E-state index in [1.54, 1.807) is 12.3 Å². The monoisotopic (exact) mass is 464 g/mol. The molecule has 8 heteroatoms.